The molecular formula is C16H18FN5OS2. The Hall–Kier alpha value is -1.73. The van der Waals surface area contributed by atoms with Crippen LogP contribution in [0.25, 0.3) is 10.2 Å². The van der Waals surface area contributed by atoms with E-state index in [1.807, 2.05) is 5.40 Å². The van der Waals surface area contributed by atoms with Crippen molar-refractivity contribution >= 4 is 44.4 Å². The number of hydrogen-bond donors (Lipinski definition) is 1. The molecule has 1 N–H and O–H groups in total. The van der Waals surface area contributed by atoms with Crippen molar-refractivity contribution in [1.29, 1.82) is 5.26 Å². The van der Waals surface area contributed by atoms with E-state index in [0.29, 0.717) is 17.2 Å². The number of amides is 1. The largest absolute Gasteiger partial charge is 0.301 e. The van der Waals surface area contributed by atoms with Crippen molar-refractivity contribution in [2.45, 2.75) is 11.8 Å². The zero-order chi connectivity index (χ0) is 17.8. The van der Waals surface area contributed by atoms with Crippen LogP contribution in [-0.2, 0) is 4.79 Å². The first-order valence-corrected chi connectivity index (χ1v) is 9.63. The van der Waals surface area contributed by atoms with Crippen molar-refractivity contribution in [3.63, 3.8) is 0 Å². The molecule has 0 spiro atoms. The third kappa shape index (κ3) is 4.46. The summed E-state index contributed by atoms with van der Waals surface area (Å²) in [6.45, 7) is 7.21. The molecule has 1 aromatic carbocycles. The highest BCUT2D eigenvalue weighted by Crippen LogP contribution is 2.31. The van der Waals surface area contributed by atoms with Gasteiger partial charge in [0, 0.05) is 32.2 Å². The molecule has 0 bridgehead atoms. The molecule has 1 aromatic heterocycles. The molecule has 9 heteroatoms. The maximum absolute atomic E-state index is 13.8. The number of benzene rings is 1. The molecule has 1 aliphatic heterocycles. The molecule has 3 rings (SSSR count). The van der Waals surface area contributed by atoms with Crippen LogP contribution < -0.4 is 5.32 Å². The highest BCUT2D eigenvalue weighted by Gasteiger charge is 2.18. The van der Waals surface area contributed by atoms with E-state index in [1.165, 1.54) is 17.4 Å². The molecule has 2 heterocycles. The quantitative estimate of drug-likeness (QED) is 0.636. The second-order valence-corrected chi connectivity index (χ2v) is 7.58. The van der Waals surface area contributed by atoms with E-state index < -0.39 is 5.82 Å². The standard InChI is InChI=1S/C16H18FN5OS2/c1-2-21-3-5-22(6-4-21)9-15(23)20-16-19-12-7-11(17)13(24-10-18)8-14(12)25-16/h7-8H,2-6,9H2,1H3,(H,19,20,23). The number of thiocyanates is 1. The minimum atomic E-state index is -0.476. The summed E-state index contributed by atoms with van der Waals surface area (Å²) in [6.07, 6.45) is 0. The average Bonchev–Trinajstić information content (AvgIpc) is 2.97. The van der Waals surface area contributed by atoms with Gasteiger partial charge in [0.1, 0.15) is 11.2 Å². The predicted octanol–water partition coefficient (Wildman–Crippen LogP) is 2.58. The molecule has 0 unspecified atom stereocenters. The minimum absolute atomic E-state index is 0.115. The van der Waals surface area contributed by atoms with E-state index in [-0.39, 0.29) is 10.8 Å². The molecule has 1 aliphatic rings. The van der Waals surface area contributed by atoms with Gasteiger partial charge in [-0.1, -0.05) is 18.3 Å². The molecule has 0 aliphatic carbocycles. The number of aromatic nitrogens is 1. The SMILES string of the molecule is CCN1CCN(CC(=O)Nc2nc3cc(F)c(SC#N)cc3s2)CC1. The molecule has 25 heavy (non-hydrogen) atoms. The van der Waals surface area contributed by atoms with E-state index >= 15 is 0 Å². The second-order valence-electron chi connectivity index (χ2n) is 5.72. The van der Waals surface area contributed by atoms with Gasteiger partial charge in [-0.25, -0.2) is 9.37 Å². The summed E-state index contributed by atoms with van der Waals surface area (Å²) in [6, 6.07) is 2.89. The molecule has 0 saturated carbocycles. The minimum Gasteiger partial charge on any atom is -0.301 e. The Morgan fingerprint density at radius 2 is 2.12 bits per heavy atom. The Morgan fingerprint density at radius 3 is 2.80 bits per heavy atom. The molecular weight excluding hydrogens is 361 g/mol. The number of rotatable bonds is 5. The number of hydrogen-bond acceptors (Lipinski definition) is 7. The van der Waals surface area contributed by atoms with Gasteiger partial charge in [-0.2, -0.15) is 5.26 Å². The van der Waals surface area contributed by atoms with E-state index in [9.17, 15) is 9.18 Å². The van der Waals surface area contributed by atoms with Gasteiger partial charge >= 0.3 is 0 Å². The third-order valence-electron chi connectivity index (χ3n) is 4.12. The Balaban J connectivity index is 1.62. The van der Waals surface area contributed by atoms with Crippen LogP contribution in [0.15, 0.2) is 17.0 Å². The first kappa shape index (κ1) is 18.1. The van der Waals surface area contributed by atoms with Crippen molar-refractivity contribution in [2.75, 3.05) is 44.6 Å². The van der Waals surface area contributed by atoms with Crippen molar-refractivity contribution in [2.24, 2.45) is 0 Å². The molecule has 132 valence electrons. The number of nitrogens with zero attached hydrogens (tertiary/aromatic N) is 4. The van der Waals surface area contributed by atoms with Crippen molar-refractivity contribution in [1.82, 2.24) is 14.8 Å². The van der Waals surface area contributed by atoms with Gasteiger partial charge in [0.15, 0.2) is 5.13 Å². The zero-order valence-corrected chi connectivity index (χ0v) is 15.4. The monoisotopic (exact) mass is 379 g/mol. The topological polar surface area (TPSA) is 72.3 Å². The Morgan fingerprint density at radius 1 is 1.40 bits per heavy atom. The molecule has 2 aromatic rings. The van der Waals surface area contributed by atoms with Crippen LogP contribution in [0.4, 0.5) is 9.52 Å². The number of nitriles is 1. The van der Waals surface area contributed by atoms with E-state index in [0.717, 1.165) is 49.2 Å². The van der Waals surface area contributed by atoms with Crippen LogP contribution in [-0.4, -0.2) is 60.0 Å². The highest BCUT2D eigenvalue weighted by atomic mass is 32.2. The lowest BCUT2D eigenvalue weighted by Crippen LogP contribution is -2.48. The van der Waals surface area contributed by atoms with Crippen LogP contribution >= 0.6 is 23.1 Å². The van der Waals surface area contributed by atoms with Crippen molar-refractivity contribution < 1.29 is 9.18 Å². The molecule has 1 saturated heterocycles. The fourth-order valence-electron chi connectivity index (χ4n) is 2.74. The number of carbonyl (C=O) groups is 1. The summed E-state index contributed by atoms with van der Waals surface area (Å²) in [5.74, 6) is -0.591. The number of anilines is 1. The number of thiazole rings is 1. The van der Waals surface area contributed by atoms with E-state index in [2.05, 4.69) is 27.0 Å². The van der Waals surface area contributed by atoms with Gasteiger partial charge in [-0.3, -0.25) is 9.69 Å². The van der Waals surface area contributed by atoms with Crippen LogP contribution in [0, 0.1) is 16.5 Å². The molecule has 1 fully saturated rings. The number of fused-ring (bicyclic) bond motifs is 1. The number of thioether (sulfide) groups is 1. The van der Waals surface area contributed by atoms with Crippen LogP contribution in [0.3, 0.4) is 0 Å². The van der Waals surface area contributed by atoms with Gasteiger partial charge in [-0.05, 0) is 24.4 Å². The fourth-order valence-corrected chi connectivity index (χ4v) is 4.15. The zero-order valence-electron chi connectivity index (χ0n) is 13.8. The van der Waals surface area contributed by atoms with Gasteiger partial charge in [0.2, 0.25) is 5.91 Å². The Kier molecular flexibility index (Phi) is 5.86. The van der Waals surface area contributed by atoms with Gasteiger partial charge < -0.3 is 10.2 Å². The number of piperazine rings is 1. The Labute approximate surface area is 153 Å². The molecule has 1 amide bonds. The maximum Gasteiger partial charge on any atom is 0.240 e. The summed E-state index contributed by atoms with van der Waals surface area (Å²) in [5, 5.41) is 13.8. The first-order valence-electron chi connectivity index (χ1n) is 7.99. The number of nitrogens with one attached hydrogen (secondary N) is 1. The number of carbonyl (C=O) groups excluding carboxylic acids is 1. The van der Waals surface area contributed by atoms with Crippen LogP contribution in [0.5, 0.6) is 0 Å². The molecule has 0 radical (unpaired) electrons. The predicted molar refractivity (Wildman–Crippen MR) is 98.2 cm³/mol. The lowest BCUT2D eigenvalue weighted by molar-refractivity contribution is -0.117. The van der Waals surface area contributed by atoms with Gasteiger partial charge in [0.05, 0.1) is 21.7 Å². The van der Waals surface area contributed by atoms with Gasteiger partial charge in [0.25, 0.3) is 0 Å². The van der Waals surface area contributed by atoms with Crippen molar-refractivity contribution in [3.8, 4) is 5.40 Å². The lowest BCUT2D eigenvalue weighted by atomic mass is 10.3. The number of likely N-dealkylation sites (N-methyl/N-ethyl adjacent to an activating group) is 1. The van der Waals surface area contributed by atoms with Gasteiger partial charge in [-0.15, -0.1) is 0 Å². The van der Waals surface area contributed by atoms with Crippen LogP contribution in [0.1, 0.15) is 6.92 Å². The lowest BCUT2D eigenvalue weighted by Gasteiger charge is -2.33. The average molecular weight is 379 g/mol. The van der Waals surface area contributed by atoms with Crippen LogP contribution in [0.2, 0.25) is 0 Å². The summed E-state index contributed by atoms with van der Waals surface area (Å²) < 4.78 is 14.6. The summed E-state index contributed by atoms with van der Waals surface area (Å²) in [5.41, 5.74) is 0.483. The van der Waals surface area contributed by atoms with E-state index in [1.54, 1.807) is 6.07 Å². The van der Waals surface area contributed by atoms with Crippen molar-refractivity contribution in [3.05, 3.63) is 17.9 Å². The molecule has 0 atom stereocenters. The summed E-state index contributed by atoms with van der Waals surface area (Å²) >= 11 is 2.06. The normalized spacial score (nSPS) is 16.0. The van der Waals surface area contributed by atoms with E-state index in [4.69, 9.17) is 5.26 Å². The fraction of sp³-hybridized carbons (Fsp3) is 0.438. The maximum atomic E-state index is 13.8. The Bertz CT molecular complexity index is 811. The summed E-state index contributed by atoms with van der Waals surface area (Å²) in [4.78, 5) is 21.2. The number of halogens is 1. The first-order chi connectivity index (χ1) is 12.1. The third-order valence-corrected chi connectivity index (χ3v) is 5.68. The second kappa shape index (κ2) is 8.10. The smallest absolute Gasteiger partial charge is 0.240 e. The highest BCUT2D eigenvalue weighted by molar-refractivity contribution is 8.03. The summed E-state index contributed by atoms with van der Waals surface area (Å²) in [7, 11) is 0. The molecule has 6 nitrogen and oxygen atoms in total.